The highest BCUT2D eigenvalue weighted by Gasteiger charge is 2.25. The van der Waals surface area contributed by atoms with E-state index in [-0.39, 0.29) is 0 Å². The maximum Gasteiger partial charge on any atom is 0.230 e. The number of aliphatic imine (C=N–C) groups is 1. The van der Waals surface area contributed by atoms with Crippen molar-refractivity contribution in [1.29, 1.82) is 0 Å². The number of para-hydroxylation sites is 2. The molecular formula is C25H28N6O2. The number of benzene rings is 1. The molecule has 2 aliphatic rings. The molecule has 170 valence electrons. The van der Waals surface area contributed by atoms with Crippen LogP contribution < -0.4 is 14.4 Å². The van der Waals surface area contributed by atoms with Gasteiger partial charge in [-0.15, -0.1) is 0 Å². The summed E-state index contributed by atoms with van der Waals surface area (Å²) in [5, 5.41) is 0. The molecule has 5 rings (SSSR count). The van der Waals surface area contributed by atoms with E-state index in [1.165, 1.54) is 0 Å². The lowest BCUT2D eigenvalue weighted by molar-refractivity contribution is 0.291. The third kappa shape index (κ3) is 5.05. The molecule has 1 saturated heterocycles. The molecule has 1 aromatic carbocycles. The minimum atomic E-state index is 0.542. The van der Waals surface area contributed by atoms with Gasteiger partial charge < -0.3 is 19.3 Å². The van der Waals surface area contributed by atoms with Crippen LogP contribution in [0.1, 0.15) is 24.8 Å². The predicted octanol–water partition coefficient (Wildman–Crippen LogP) is 3.80. The van der Waals surface area contributed by atoms with Gasteiger partial charge in [0.1, 0.15) is 5.84 Å². The molecule has 8 heteroatoms. The fourth-order valence-electron chi connectivity index (χ4n) is 4.09. The molecule has 33 heavy (non-hydrogen) atoms. The van der Waals surface area contributed by atoms with Gasteiger partial charge in [0.2, 0.25) is 11.8 Å². The van der Waals surface area contributed by atoms with E-state index in [4.69, 9.17) is 14.5 Å². The minimum absolute atomic E-state index is 0.542. The van der Waals surface area contributed by atoms with Crippen LogP contribution in [-0.4, -0.2) is 65.0 Å². The molecular weight excluding hydrogens is 416 g/mol. The summed E-state index contributed by atoms with van der Waals surface area (Å²) in [6, 6.07) is 13.6. The second-order valence-corrected chi connectivity index (χ2v) is 8.04. The molecule has 0 spiro atoms. The van der Waals surface area contributed by atoms with Crippen LogP contribution in [0, 0.1) is 0 Å². The Morgan fingerprint density at radius 1 is 0.697 bits per heavy atom. The first-order chi connectivity index (χ1) is 16.4. The van der Waals surface area contributed by atoms with Crippen molar-refractivity contribution in [2.75, 3.05) is 44.2 Å². The molecule has 4 heterocycles. The Bertz CT molecular complexity index is 1080. The summed E-state index contributed by atoms with van der Waals surface area (Å²) in [6.07, 6.45) is 8.40. The zero-order valence-electron chi connectivity index (χ0n) is 18.6. The first kappa shape index (κ1) is 21.2. The molecule has 8 nitrogen and oxygen atoms in total. The standard InChI is InChI=1S/C25H28N6O2/c1-4-11-26-23(30-15-17-31(18-16-30)25-28-13-7-14-29-25)20-8-6-12-27-24(20)33-22-10-3-2-9-21(22)32-19-5-1/h2-3,6-10,12-14H,1,4-5,11,15-19H2. The van der Waals surface area contributed by atoms with Gasteiger partial charge in [-0.1, -0.05) is 12.1 Å². The molecule has 0 bridgehead atoms. The van der Waals surface area contributed by atoms with Crippen LogP contribution in [0.15, 0.2) is 66.0 Å². The van der Waals surface area contributed by atoms with Gasteiger partial charge in [-0.05, 0) is 49.6 Å². The van der Waals surface area contributed by atoms with E-state index in [0.29, 0.717) is 18.2 Å². The fraction of sp³-hybridized carbons (Fsp3) is 0.360. The predicted molar refractivity (Wildman–Crippen MR) is 127 cm³/mol. The highest BCUT2D eigenvalue weighted by atomic mass is 16.5. The normalized spacial score (nSPS) is 17.2. The molecule has 1 fully saturated rings. The quantitative estimate of drug-likeness (QED) is 0.565. The highest BCUT2D eigenvalue weighted by Crippen LogP contribution is 2.33. The van der Waals surface area contributed by atoms with Crippen LogP contribution in [-0.2, 0) is 0 Å². The summed E-state index contributed by atoms with van der Waals surface area (Å²) < 4.78 is 12.3. The summed E-state index contributed by atoms with van der Waals surface area (Å²) in [5.41, 5.74) is 0.899. The summed E-state index contributed by atoms with van der Waals surface area (Å²) in [6.45, 7) is 4.73. The van der Waals surface area contributed by atoms with E-state index in [2.05, 4.69) is 24.8 Å². The Morgan fingerprint density at radius 2 is 1.45 bits per heavy atom. The number of amidine groups is 1. The van der Waals surface area contributed by atoms with Crippen molar-refractivity contribution in [2.24, 2.45) is 4.99 Å². The number of hydrogen-bond acceptors (Lipinski definition) is 8. The van der Waals surface area contributed by atoms with Gasteiger partial charge in [-0.3, -0.25) is 4.99 Å². The smallest absolute Gasteiger partial charge is 0.230 e. The zero-order valence-corrected chi connectivity index (χ0v) is 18.6. The first-order valence-corrected chi connectivity index (χ1v) is 11.5. The average Bonchev–Trinajstić information content (AvgIpc) is 2.89. The highest BCUT2D eigenvalue weighted by molar-refractivity contribution is 6.01. The molecule has 2 aliphatic heterocycles. The van der Waals surface area contributed by atoms with E-state index in [1.54, 1.807) is 18.6 Å². The molecule has 2 aromatic heterocycles. The van der Waals surface area contributed by atoms with Crippen LogP contribution in [0.2, 0.25) is 0 Å². The molecule has 0 amide bonds. The van der Waals surface area contributed by atoms with Crippen molar-refractivity contribution < 1.29 is 9.47 Å². The fourth-order valence-corrected chi connectivity index (χ4v) is 4.09. The minimum Gasteiger partial charge on any atom is -0.490 e. The zero-order chi connectivity index (χ0) is 22.3. The van der Waals surface area contributed by atoms with E-state index < -0.39 is 0 Å². The van der Waals surface area contributed by atoms with Crippen LogP contribution in [0.5, 0.6) is 17.4 Å². The van der Waals surface area contributed by atoms with Crippen molar-refractivity contribution in [3.63, 3.8) is 0 Å². The van der Waals surface area contributed by atoms with Gasteiger partial charge in [-0.2, -0.15) is 0 Å². The Labute approximate surface area is 193 Å². The maximum atomic E-state index is 6.29. The van der Waals surface area contributed by atoms with E-state index >= 15 is 0 Å². The second-order valence-electron chi connectivity index (χ2n) is 8.04. The number of ether oxygens (including phenoxy) is 2. The van der Waals surface area contributed by atoms with Crippen molar-refractivity contribution in [1.82, 2.24) is 19.9 Å². The average molecular weight is 445 g/mol. The first-order valence-electron chi connectivity index (χ1n) is 11.5. The number of aromatic nitrogens is 3. The number of rotatable bonds is 1. The summed E-state index contributed by atoms with van der Waals surface area (Å²) in [7, 11) is 0. The van der Waals surface area contributed by atoms with E-state index in [1.807, 2.05) is 42.5 Å². The van der Waals surface area contributed by atoms with Crippen molar-refractivity contribution in [3.8, 4) is 17.4 Å². The van der Waals surface area contributed by atoms with Crippen molar-refractivity contribution >= 4 is 11.8 Å². The number of piperazine rings is 1. The number of hydrogen-bond donors (Lipinski definition) is 0. The monoisotopic (exact) mass is 444 g/mol. The van der Waals surface area contributed by atoms with E-state index in [9.17, 15) is 0 Å². The van der Waals surface area contributed by atoms with Crippen molar-refractivity contribution in [3.05, 3.63) is 66.6 Å². The molecule has 0 aliphatic carbocycles. The molecule has 0 atom stereocenters. The number of nitrogens with zero attached hydrogens (tertiary/aromatic N) is 6. The second kappa shape index (κ2) is 10.3. The SMILES string of the molecule is c1cnc(N2CCN(C3=NCCCCCOc4ccccc4Oc4ncccc43)CC2)nc1. The van der Waals surface area contributed by atoms with Crippen molar-refractivity contribution in [2.45, 2.75) is 19.3 Å². The summed E-state index contributed by atoms with van der Waals surface area (Å²) in [4.78, 5) is 22.9. The van der Waals surface area contributed by atoms with Gasteiger partial charge in [-0.25, -0.2) is 15.0 Å². The van der Waals surface area contributed by atoms with Crippen LogP contribution >= 0.6 is 0 Å². The van der Waals surface area contributed by atoms with Gasteiger partial charge in [0, 0.05) is 51.3 Å². The largest absolute Gasteiger partial charge is 0.490 e. The topological polar surface area (TPSA) is 76.0 Å². The summed E-state index contributed by atoms with van der Waals surface area (Å²) >= 11 is 0. The molecule has 0 unspecified atom stereocenters. The van der Waals surface area contributed by atoms with Gasteiger partial charge in [0.25, 0.3) is 0 Å². The Kier molecular flexibility index (Phi) is 6.61. The Hall–Kier alpha value is -3.68. The molecule has 0 radical (unpaired) electrons. The lowest BCUT2D eigenvalue weighted by Crippen LogP contribution is -2.49. The van der Waals surface area contributed by atoms with Crippen LogP contribution in [0.4, 0.5) is 5.95 Å². The lowest BCUT2D eigenvalue weighted by Gasteiger charge is -2.36. The van der Waals surface area contributed by atoms with E-state index in [0.717, 1.165) is 75.1 Å². The molecule has 0 N–H and O–H groups in total. The van der Waals surface area contributed by atoms with Gasteiger partial charge >= 0.3 is 0 Å². The molecule has 3 aromatic rings. The number of pyridine rings is 1. The van der Waals surface area contributed by atoms with Gasteiger partial charge in [0.05, 0.1) is 12.2 Å². The van der Waals surface area contributed by atoms with Gasteiger partial charge in [0.15, 0.2) is 11.5 Å². The molecule has 0 saturated carbocycles. The Balaban J connectivity index is 1.43. The maximum absolute atomic E-state index is 6.29. The number of anilines is 1. The van der Waals surface area contributed by atoms with Crippen LogP contribution in [0.25, 0.3) is 0 Å². The summed E-state index contributed by atoms with van der Waals surface area (Å²) in [5.74, 6) is 3.66. The Morgan fingerprint density at radius 3 is 2.30 bits per heavy atom. The third-order valence-corrected chi connectivity index (χ3v) is 5.80. The lowest BCUT2D eigenvalue weighted by atomic mass is 10.2. The third-order valence-electron chi connectivity index (χ3n) is 5.80. The van der Waals surface area contributed by atoms with Crippen LogP contribution in [0.3, 0.4) is 0 Å². The number of fused-ring (bicyclic) bond motifs is 2.